The number of sulfonamides is 1. The molecule has 0 spiro atoms. The van der Waals surface area contributed by atoms with Crippen molar-refractivity contribution in [3.05, 3.63) is 57.6 Å². The standard InChI is InChI=1S/C20H19BrFN3O3S2/c1-2-24-16-10-5-13(21)12-18(16)29-20(24)23-19(26)17-4-3-11-25(17)30(27,28)15-8-6-14(22)7-9-15/h5-10,12,17H,2-4,11H2,1H3. The highest BCUT2D eigenvalue weighted by atomic mass is 79.9. The van der Waals surface area contributed by atoms with Gasteiger partial charge in [-0.3, -0.25) is 4.79 Å². The maximum atomic E-state index is 13.2. The third-order valence-electron chi connectivity index (χ3n) is 5.08. The predicted molar refractivity (Wildman–Crippen MR) is 117 cm³/mol. The average molecular weight is 512 g/mol. The number of aromatic nitrogens is 1. The van der Waals surface area contributed by atoms with Crippen LogP contribution in [0.4, 0.5) is 4.39 Å². The number of fused-ring (bicyclic) bond motifs is 1. The smallest absolute Gasteiger partial charge is 0.266 e. The summed E-state index contributed by atoms with van der Waals surface area (Å²) < 4.78 is 44.3. The third-order valence-corrected chi connectivity index (χ3v) is 8.53. The Morgan fingerprint density at radius 2 is 2.00 bits per heavy atom. The van der Waals surface area contributed by atoms with E-state index >= 15 is 0 Å². The van der Waals surface area contributed by atoms with Gasteiger partial charge in [-0.2, -0.15) is 9.30 Å². The lowest BCUT2D eigenvalue weighted by molar-refractivity contribution is -0.121. The lowest BCUT2D eigenvalue weighted by Gasteiger charge is -2.21. The molecule has 0 saturated carbocycles. The Bertz CT molecular complexity index is 1280. The Labute approximate surface area is 185 Å². The molecule has 1 unspecified atom stereocenters. The van der Waals surface area contributed by atoms with E-state index in [0.717, 1.165) is 26.8 Å². The molecule has 1 aliphatic heterocycles. The van der Waals surface area contributed by atoms with Crippen LogP contribution in [-0.2, 0) is 21.4 Å². The van der Waals surface area contributed by atoms with Crippen LogP contribution in [0.5, 0.6) is 0 Å². The van der Waals surface area contributed by atoms with Crippen molar-refractivity contribution in [2.75, 3.05) is 6.54 Å². The van der Waals surface area contributed by atoms with Gasteiger partial charge >= 0.3 is 0 Å². The van der Waals surface area contributed by atoms with Gasteiger partial charge in [-0.25, -0.2) is 12.8 Å². The second-order valence-corrected chi connectivity index (χ2v) is 10.7. The first-order valence-corrected chi connectivity index (χ1v) is 12.5. The first-order chi connectivity index (χ1) is 14.3. The summed E-state index contributed by atoms with van der Waals surface area (Å²) in [6, 6.07) is 9.64. The van der Waals surface area contributed by atoms with Crippen molar-refractivity contribution in [1.29, 1.82) is 0 Å². The zero-order chi connectivity index (χ0) is 21.5. The fourth-order valence-electron chi connectivity index (χ4n) is 3.62. The van der Waals surface area contributed by atoms with Crippen molar-refractivity contribution >= 4 is 53.4 Å². The summed E-state index contributed by atoms with van der Waals surface area (Å²) in [5.74, 6) is -0.996. The maximum absolute atomic E-state index is 13.2. The van der Waals surface area contributed by atoms with Gasteiger partial charge in [-0.1, -0.05) is 27.3 Å². The fraction of sp³-hybridized carbons (Fsp3) is 0.300. The number of hydrogen-bond donors (Lipinski definition) is 0. The Morgan fingerprint density at radius 3 is 2.70 bits per heavy atom. The van der Waals surface area contributed by atoms with Crippen molar-refractivity contribution < 1.29 is 17.6 Å². The van der Waals surface area contributed by atoms with Crippen LogP contribution < -0.4 is 4.80 Å². The molecule has 0 N–H and O–H groups in total. The highest BCUT2D eigenvalue weighted by Crippen LogP contribution is 2.27. The molecule has 10 heteroatoms. The lowest BCUT2D eigenvalue weighted by Crippen LogP contribution is -2.40. The molecule has 1 aromatic heterocycles. The number of carbonyl (C=O) groups is 1. The second kappa shape index (κ2) is 8.33. The van der Waals surface area contributed by atoms with Gasteiger partial charge in [0.2, 0.25) is 10.0 Å². The molecule has 0 aliphatic carbocycles. The highest BCUT2D eigenvalue weighted by Gasteiger charge is 2.39. The third kappa shape index (κ3) is 3.89. The average Bonchev–Trinajstić information content (AvgIpc) is 3.32. The molecule has 4 rings (SSSR count). The largest absolute Gasteiger partial charge is 0.317 e. The summed E-state index contributed by atoms with van der Waals surface area (Å²) in [6.07, 6.45) is 0.977. The van der Waals surface area contributed by atoms with Crippen LogP contribution in [0.2, 0.25) is 0 Å². The number of nitrogens with zero attached hydrogens (tertiary/aromatic N) is 3. The molecule has 2 heterocycles. The van der Waals surface area contributed by atoms with Crippen LogP contribution in [-0.4, -0.2) is 35.8 Å². The molecule has 2 aromatic carbocycles. The minimum atomic E-state index is -3.91. The van der Waals surface area contributed by atoms with Crippen molar-refractivity contribution in [2.24, 2.45) is 4.99 Å². The van der Waals surface area contributed by atoms with E-state index in [1.54, 1.807) is 0 Å². The van der Waals surface area contributed by atoms with E-state index in [0.29, 0.717) is 24.2 Å². The van der Waals surface area contributed by atoms with Crippen LogP contribution in [0.25, 0.3) is 10.2 Å². The number of hydrogen-bond acceptors (Lipinski definition) is 4. The Hall–Kier alpha value is -1.88. The number of benzene rings is 2. The van der Waals surface area contributed by atoms with Gasteiger partial charge in [0.1, 0.15) is 11.9 Å². The lowest BCUT2D eigenvalue weighted by atomic mass is 10.2. The zero-order valence-electron chi connectivity index (χ0n) is 16.1. The van der Waals surface area contributed by atoms with Gasteiger partial charge in [0.05, 0.1) is 15.1 Å². The van der Waals surface area contributed by atoms with Crippen LogP contribution in [0.1, 0.15) is 19.8 Å². The van der Waals surface area contributed by atoms with Gasteiger partial charge in [-0.05, 0) is 62.2 Å². The van der Waals surface area contributed by atoms with Crippen molar-refractivity contribution in [2.45, 2.75) is 37.2 Å². The van der Waals surface area contributed by atoms with Crippen LogP contribution in [0, 0.1) is 5.82 Å². The molecule has 6 nitrogen and oxygen atoms in total. The summed E-state index contributed by atoms with van der Waals surface area (Å²) in [5, 5.41) is 0. The van der Waals surface area contributed by atoms with Gasteiger partial charge in [0, 0.05) is 17.6 Å². The van der Waals surface area contributed by atoms with Gasteiger partial charge < -0.3 is 4.57 Å². The zero-order valence-corrected chi connectivity index (χ0v) is 19.3. The monoisotopic (exact) mass is 511 g/mol. The van der Waals surface area contributed by atoms with E-state index in [1.165, 1.54) is 27.8 Å². The molecule has 3 aromatic rings. The van der Waals surface area contributed by atoms with Crippen molar-refractivity contribution in [3.8, 4) is 0 Å². The fourth-order valence-corrected chi connectivity index (χ4v) is 6.93. The van der Waals surface area contributed by atoms with Gasteiger partial charge in [-0.15, -0.1) is 0 Å². The minimum absolute atomic E-state index is 0.0288. The van der Waals surface area contributed by atoms with E-state index in [4.69, 9.17) is 0 Å². The summed E-state index contributed by atoms with van der Waals surface area (Å²) in [4.78, 5) is 17.8. The summed E-state index contributed by atoms with van der Waals surface area (Å²) >= 11 is 4.84. The van der Waals surface area contributed by atoms with Crippen LogP contribution >= 0.6 is 27.3 Å². The number of amides is 1. The second-order valence-electron chi connectivity index (χ2n) is 6.92. The number of rotatable bonds is 4. The molecule has 0 bridgehead atoms. The van der Waals surface area contributed by atoms with E-state index < -0.39 is 27.8 Å². The molecule has 1 saturated heterocycles. The van der Waals surface area contributed by atoms with Gasteiger partial charge in [0.15, 0.2) is 4.80 Å². The number of carbonyl (C=O) groups excluding carboxylic acids is 1. The molecule has 1 amide bonds. The topological polar surface area (TPSA) is 71.7 Å². The molecule has 1 fully saturated rings. The number of thiazole rings is 1. The summed E-state index contributed by atoms with van der Waals surface area (Å²) in [6.45, 7) is 2.84. The Morgan fingerprint density at radius 1 is 1.27 bits per heavy atom. The Balaban J connectivity index is 1.71. The van der Waals surface area contributed by atoms with Crippen molar-refractivity contribution in [3.63, 3.8) is 0 Å². The molecule has 30 heavy (non-hydrogen) atoms. The molecule has 1 aliphatic rings. The molecular formula is C20H19BrFN3O3S2. The van der Waals surface area contributed by atoms with Crippen molar-refractivity contribution in [1.82, 2.24) is 8.87 Å². The molecule has 1 atom stereocenters. The van der Waals surface area contributed by atoms with E-state index in [2.05, 4.69) is 20.9 Å². The maximum Gasteiger partial charge on any atom is 0.266 e. The summed E-state index contributed by atoms with van der Waals surface area (Å²) in [5.41, 5.74) is 0.972. The first kappa shape index (κ1) is 21.4. The first-order valence-electron chi connectivity index (χ1n) is 9.46. The van der Waals surface area contributed by atoms with E-state index in [-0.39, 0.29) is 11.4 Å². The van der Waals surface area contributed by atoms with Crippen LogP contribution in [0.15, 0.2) is 56.8 Å². The normalized spacial score (nSPS) is 18.4. The summed E-state index contributed by atoms with van der Waals surface area (Å²) in [7, 11) is -3.91. The van der Waals surface area contributed by atoms with E-state index in [1.807, 2.05) is 29.7 Å². The molecule has 158 valence electrons. The van der Waals surface area contributed by atoms with E-state index in [9.17, 15) is 17.6 Å². The number of aryl methyl sites for hydroxylation is 1. The highest BCUT2D eigenvalue weighted by molar-refractivity contribution is 9.10. The Kier molecular flexibility index (Phi) is 5.93. The predicted octanol–water partition coefficient (Wildman–Crippen LogP) is 3.90. The minimum Gasteiger partial charge on any atom is -0.317 e. The molecular weight excluding hydrogens is 493 g/mol. The quantitative estimate of drug-likeness (QED) is 0.533. The number of halogens is 2. The van der Waals surface area contributed by atoms with Crippen LogP contribution in [0.3, 0.4) is 0 Å². The van der Waals surface area contributed by atoms with Gasteiger partial charge in [0.25, 0.3) is 5.91 Å². The SMILES string of the molecule is CCn1c(=NC(=O)C2CCCN2S(=O)(=O)c2ccc(F)cc2)sc2cc(Br)ccc21. The molecule has 0 radical (unpaired) electrons.